The maximum Gasteiger partial charge on any atom is 0.164 e. The average Bonchev–Trinajstić information content (AvgIpc) is 2.20. The van der Waals surface area contributed by atoms with E-state index in [9.17, 15) is 4.79 Å². The third-order valence-corrected chi connectivity index (χ3v) is 2.80. The van der Waals surface area contributed by atoms with Gasteiger partial charge < -0.3 is 5.73 Å². The predicted molar refractivity (Wildman–Crippen MR) is 64.5 cm³/mol. The van der Waals surface area contributed by atoms with Gasteiger partial charge in [0.1, 0.15) is 0 Å². The number of carbonyl (C=O) groups excluding carboxylic acids is 1. The topological polar surface area (TPSA) is 43.1 Å². The van der Waals surface area contributed by atoms with E-state index in [1.165, 1.54) is 0 Å². The van der Waals surface area contributed by atoms with Gasteiger partial charge in [-0.05, 0) is 31.0 Å². The molecule has 1 aromatic rings. The number of unbranched alkanes of at least 4 members (excludes halogenated alkanes) is 1. The van der Waals surface area contributed by atoms with E-state index in [1.54, 1.807) is 12.1 Å². The second-order valence-electron chi connectivity index (χ2n) is 3.72. The van der Waals surface area contributed by atoms with Crippen molar-refractivity contribution in [2.24, 2.45) is 0 Å². The van der Waals surface area contributed by atoms with Crippen LogP contribution in [0.3, 0.4) is 0 Å². The monoisotopic (exact) mass is 225 g/mol. The second kappa shape index (κ2) is 5.17. The predicted octanol–water partition coefficient (Wildman–Crippen LogP) is 3.60. The molecule has 0 aliphatic heterocycles. The molecule has 2 nitrogen and oxygen atoms in total. The van der Waals surface area contributed by atoms with Crippen LogP contribution in [-0.2, 0) is 0 Å². The van der Waals surface area contributed by atoms with Gasteiger partial charge in [-0.2, -0.15) is 0 Å². The van der Waals surface area contributed by atoms with Gasteiger partial charge in [-0.3, -0.25) is 4.79 Å². The molecule has 0 aromatic heterocycles. The highest BCUT2D eigenvalue weighted by molar-refractivity contribution is 6.31. The fourth-order valence-corrected chi connectivity index (χ4v) is 1.58. The molecule has 82 valence electrons. The Bertz CT molecular complexity index is 374. The van der Waals surface area contributed by atoms with E-state index < -0.39 is 0 Å². The molecule has 0 spiro atoms. The number of hydrogen-bond acceptors (Lipinski definition) is 2. The highest BCUT2D eigenvalue weighted by Gasteiger charge is 2.11. The van der Waals surface area contributed by atoms with Gasteiger partial charge in [0.25, 0.3) is 0 Å². The first kappa shape index (κ1) is 12.1. The normalized spacial score (nSPS) is 10.3. The lowest BCUT2D eigenvalue weighted by molar-refractivity contribution is 0.0980. The zero-order valence-corrected chi connectivity index (χ0v) is 9.90. The van der Waals surface area contributed by atoms with Crippen LogP contribution in [0, 0.1) is 6.92 Å². The maximum absolute atomic E-state index is 11.8. The molecule has 1 aromatic carbocycles. The SMILES string of the molecule is CCCCC(=O)c1cc(C)c(Cl)cc1N. The number of hydrogen-bond donors (Lipinski definition) is 1. The van der Waals surface area contributed by atoms with Crippen LogP contribution >= 0.6 is 11.6 Å². The molecule has 0 radical (unpaired) electrons. The molecule has 15 heavy (non-hydrogen) atoms. The molecule has 0 saturated heterocycles. The molecular formula is C12H16ClNO. The van der Waals surface area contributed by atoms with E-state index in [2.05, 4.69) is 6.92 Å². The minimum atomic E-state index is 0.106. The van der Waals surface area contributed by atoms with Crippen LogP contribution in [0.2, 0.25) is 5.02 Å². The Labute approximate surface area is 95.4 Å². The third-order valence-electron chi connectivity index (χ3n) is 2.39. The summed E-state index contributed by atoms with van der Waals surface area (Å²) in [6, 6.07) is 3.42. The van der Waals surface area contributed by atoms with Crippen LogP contribution in [-0.4, -0.2) is 5.78 Å². The molecule has 0 fully saturated rings. The zero-order valence-electron chi connectivity index (χ0n) is 9.14. The molecule has 3 heteroatoms. The first-order chi connectivity index (χ1) is 7.06. The van der Waals surface area contributed by atoms with Crippen LogP contribution in [0.4, 0.5) is 5.69 Å². The minimum Gasteiger partial charge on any atom is -0.398 e. The van der Waals surface area contributed by atoms with Crippen molar-refractivity contribution in [3.8, 4) is 0 Å². The molecule has 0 saturated carbocycles. The van der Waals surface area contributed by atoms with Gasteiger partial charge in [-0.15, -0.1) is 0 Å². The summed E-state index contributed by atoms with van der Waals surface area (Å²) in [6.45, 7) is 3.93. The summed E-state index contributed by atoms with van der Waals surface area (Å²) in [6.07, 6.45) is 2.47. The Balaban J connectivity index is 2.94. The standard InChI is InChI=1S/C12H16ClNO/c1-3-4-5-12(15)9-6-8(2)10(13)7-11(9)14/h6-7H,3-5,14H2,1-2H3. The van der Waals surface area contributed by atoms with Crippen LogP contribution in [0.5, 0.6) is 0 Å². The van der Waals surface area contributed by atoms with E-state index in [0.717, 1.165) is 18.4 Å². The largest absolute Gasteiger partial charge is 0.398 e. The number of benzene rings is 1. The zero-order chi connectivity index (χ0) is 11.4. The van der Waals surface area contributed by atoms with E-state index in [-0.39, 0.29) is 5.78 Å². The summed E-state index contributed by atoms with van der Waals surface area (Å²) in [5.74, 6) is 0.106. The lowest BCUT2D eigenvalue weighted by Gasteiger charge is -2.07. The smallest absolute Gasteiger partial charge is 0.164 e. The van der Waals surface area contributed by atoms with Crippen molar-refractivity contribution >= 4 is 23.1 Å². The fourth-order valence-electron chi connectivity index (χ4n) is 1.41. The quantitative estimate of drug-likeness (QED) is 0.629. The summed E-state index contributed by atoms with van der Waals surface area (Å²) in [5.41, 5.74) is 7.73. The highest BCUT2D eigenvalue weighted by atomic mass is 35.5. The molecule has 0 aliphatic rings. The Morgan fingerprint density at radius 3 is 2.73 bits per heavy atom. The van der Waals surface area contributed by atoms with Crippen molar-refractivity contribution < 1.29 is 4.79 Å². The molecule has 0 atom stereocenters. The first-order valence-corrected chi connectivity index (χ1v) is 5.53. The van der Waals surface area contributed by atoms with E-state index in [0.29, 0.717) is 22.7 Å². The van der Waals surface area contributed by atoms with Crippen molar-refractivity contribution in [3.05, 3.63) is 28.3 Å². The Morgan fingerprint density at radius 1 is 1.47 bits per heavy atom. The molecule has 2 N–H and O–H groups in total. The van der Waals surface area contributed by atoms with Gasteiger partial charge in [0.2, 0.25) is 0 Å². The number of carbonyl (C=O) groups is 1. The number of aryl methyl sites for hydroxylation is 1. The van der Waals surface area contributed by atoms with E-state index in [4.69, 9.17) is 17.3 Å². The summed E-state index contributed by atoms with van der Waals surface area (Å²) in [7, 11) is 0. The average molecular weight is 226 g/mol. The number of nitrogen functional groups attached to an aromatic ring is 1. The van der Waals surface area contributed by atoms with Gasteiger partial charge in [-0.25, -0.2) is 0 Å². The molecular weight excluding hydrogens is 210 g/mol. The highest BCUT2D eigenvalue weighted by Crippen LogP contribution is 2.24. The van der Waals surface area contributed by atoms with E-state index >= 15 is 0 Å². The van der Waals surface area contributed by atoms with Gasteiger partial charge in [0.15, 0.2) is 5.78 Å². The van der Waals surface area contributed by atoms with Gasteiger partial charge in [0, 0.05) is 22.7 Å². The van der Waals surface area contributed by atoms with Crippen LogP contribution < -0.4 is 5.73 Å². The maximum atomic E-state index is 11.8. The third kappa shape index (κ3) is 2.96. The lowest BCUT2D eigenvalue weighted by Crippen LogP contribution is -2.04. The number of Topliss-reactive ketones (excluding diaryl/α,β-unsaturated/α-hetero) is 1. The number of anilines is 1. The lowest BCUT2D eigenvalue weighted by atomic mass is 10.0. The fraction of sp³-hybridized carbons (Fsp3) is 0.417. The minimum absolute atomic E-state index is 0.106. The van der Waals surface area contributed by atoms with Crippen molar-refractivity contribution in [1.82, 2.24) is 0 Å². The molecule has 0 aliphatic carbocycles. The van der Waals surface area contributed by atoms with Crippen LogP contribution in [0.15, 0.2) is 12.1 Å². The Morgan fingerprint density at radius 2 is 2.13 bits per heavy atom. The summed E-state index contributed by atoms with van der Waals surface area (Å²) in [4.78, 5) is 11.8. The number of halogens is 1. The number of ketones is 1. The molecule has 0 unspecified atom stereocenters. The number of nitrogens with two attached hydrogens (primary N) is 1. The van der Waals surface area contributed by atoms with Gasteiger partial charge in [0.05, 0.1) is 0 Å². The number of rotatable bonds is 4. The van der Waals surface area contributed by atoms with E-state index in [1.807, 2.05) is 6.92 Å². The molecule has 1 rings (SSSR count). The Kier molecular flexibility index (Phi) is 4.15. The van der Waals surface area contributed by atoms with Crippen molar-refractivity contribution in [1.29, 1.82) is 0 Å². The van der Waals surface area contributed by atoms with Crippen molar-refractivity contribution in [2.45, 2.75) is 33.1 Å². The van der Waals surface area contributed by atoms with Gasteiger partial charge >= 0.3 is 0 Å². The molecule has 0 heterocycles. The summed E-state index contributed by atoms with van der Waals surface area (Å²) >= 11 is 5.90. The van der Waals surface area contributed by atoms with Crippen LogP contribution in [0.25, 0.3) is 0 Å². The summed E-state index contributed by atoms with van der Waals surface area (Å²) in [5, 5.41) is 0.611. The van der Waals surface area contributed by atoms with Crippen molar-refractivity contribution in [2.75, 3.05) is 5.73 Å². The first-order valence-electron chi connectivity index (χ1n) is 5.15. The summed E-state index contributed by atoms with van der Waals surface area (Å²) < 4.78 is 0. The van der Waals surface area contributed by atoms with Crippen LogP contribution in [0.1, 0.15) is 42.1 Å². The second-order valence-corrected chi connectivity index (χ2v) is 4.12. The van der Waals surface area contributed by atoms with Crippen molar-refractivity contribution in [3.63, 3.8) is 0 Å². The molecule has 0 bridgehead atoms. The molecule has 0 amide bonds. The Hall–Kier alpha value is -1.02. The van der Waals surface area contributed by atoms with Gasteiger partial charge in [-0.1, -0.05) is 24.9 Å².